The molecule has 244 valence electrons. The number of aliphatic hydroxyl groups is 1. The first-order valence-electron chi connectivity index (χ1n) is 14.6. The molecule has 3 atom stereocenters. The summed E-state index contributed by atoms with van der Waals surface area (Å²) in [5.74, 6) is -2.82. The van der Waals surface area contributed by atoms with Gasteiger partial charge in [0.15, 0.2) is 0 Å². The minimum atomic E-state index is -1.26. The van der Waals surface area contributed by atoms with Crippen LogP contribution in [0.5, 0.6) is 0 Å². The molecule has 1 fully saturated rings. The van der Waals surface area contributed by atoms with Crippen LogP contribution in [0.25, 0.3) is 0 Å². The summed E-state index contributed by atoms with van der Waals surface area (Å²) in [7, 11) is 2.39. The van der Waals surface area contributed by atoms with E-state index in [0.29, 0.717) is 31.2 Å². The smallest absolute Gasteiger partial charge is 0.416 e. The van der Waals surface area contributed by atoms with Crippen molar-refractivity contribution < 1.29 is 43.3 Å². The zero-order valence-corrected chi connectivity index (χ0v) is 26.3. The molecule has 2 rings (SSSR count). The molecule has 44 heavy (non-hydrogen) atoms. The minimum Gasteiger partial charge on any atom is -0.460 e. The largest absolute Gasteiger partial charge is 0.460 e. The van der Waals surface area contributed by atoms with E-state index in [2.05, 4.69) is 25.7 Å². The van der Waals surface area contributed by atoms with Crippen LogP contribution in [-0.2, 0) is 39.9 Å². The number of unbranched alkanes of at least 4 members (excludes halogenated alkanes) is 1. The number of aliphatic hydroxyl groups excluding tert-OH is 1. The van der Waals surface area contributed by atoms with Crippen molar-refractivity contribution in [1.29, 1.82) is 0 Å². The Balaban J connectivity index is 1.94. The number of carbonyl (C=O) groups is 6. The average Bonchev–Trinajstić information content (AvgIpc) is 3.73. The molecule has 1 aliphatic rings. The van der Waals surface area contributed by atoms with Crippen molar-refractivity contribution in [3.8, 4) is 0 Å². The van der Waals surface area contributed by atoms with Crippen LogP contribution >= 0.6 is 0 Å². The molecular formula is C30H45N5O9. The number of pyridine rings is 1. The summed E-state index contributed by atoms with van der Waals surface area (Å²) in [6.45, 7) is 6.78. The molecular weight excluding hydrogens is 574 g/mol. The number of methoxy groups -OCH3 is 1. The van der Waals surface area contributed by atoms with Crippen LogP contribution in [0.2, 0.25) is 0 Å². The summed E-state index contributed by atoms with van der Waals surface area (Å²) in [6.07, 6.45) is 3.17. The van der Waals surface area contributed by atoms with Crippen LogP contribution < -0.4 is 16.0 Å². The molecule has 1 heterocycles. The van der Waals surface area contributed by atoms with Gasteiger partial charge in [-0.05, 0) is 65.0 Å². The van der Waals surface area contributed by atoms with Gasteiger partial charge in [0.2, 0.25) is 17.7 Å². The molecule has 0 spiro atoms. The zero-order chi connectivity index (χ0) is 33.1. The summed E-state index contributed by atoms with van der Waals surface area (Å²) in [6, 6.07) is 1.24. The van der Waals surface area contributed by atoms with Gasteiger partial charge in [-0.25, -0.2) is 9.69 Å². The highest BCUT2D eigenvalue weighted by Gasteiger charge is 2.54. The summed E-state index contributed by atoms with van der Waals surface area (Å²) < 4.78 is 9.82. The van der Waals surface area contributed by atoms with Crippen LogP contribution in [0.4, 0.5) is 4.79 Å². The molecule has 14 nitrogen and oxygen atoms in total. The maximum Gasteiger partial charge on any atom is 0.416 e. The fraction of sp³-hybridized carbons (Fsp3) is 0.633. The molecule has 1 aromatic heterocycles. The molecule has 0 aromatic carbocycles. The second-order valence-corrected chi connectivity index (χ2v) is 12.0. The van der Waals surface area contributed by atoms with E-state index in [0.717, 1.165) is 12.0 Å². The highest BCUT2D eigenvalue weighted by Crippen LogP contribution is 2.37. The highest BCUT2D eigenvalue weighted by molar-refractivity contribution is 6.02. The number of nitrogens with zero attached hydrogens (tertiary/aromatic N) is 2. The number of carbonyl (C=O) groups excluding carboxylic acids is 6. The lowest BCUT2D eigenvalue weighted by molar-refractivity contribution is -0.155. The van der Waals surface area contributed by atoms with Crippen LogP contribution in [0.15, 0.2) is 24.5 Å². The predicted octanol–water partition coefficient (Wildman–Crippen LogP) is 1.14. The first-order valence-corrected chi connectivity index (χ1v) is 14.6. The predicted molar refractivity (Wildman–Crippen MR) is 158 cm³/mol. The third-order valence-corrected chi connectivity index (χ3v) is 6.85. The number of hydrogen-bond acceptors (Lipinski definition) is 10. The van der Waals surface area contributed by atoms with Crippen LogP contribution in [0, 0.1) is 0 Å². The molecule has 4 N–H and O–H groups in total. The molecule has 0 bridgehead atoms. The number of aromatic nitrogens is 1. The van der Waals surface area contributed by atoms with Gasteiger partial charge in [0, 0.05) is 32.3 Å². The van der Waals surface area contributed by atoms with Gasteiger partial charge >= 0.3 is 12.1 Å². The van der Waals surface area contributed by atoms with E-state index in [1.165, 1.54) is 14.0 Å². The Morgan fingerprint density at radius 1 is 1.09 bits per heavy atom. The zero-order valence-electron chi connectivity index (χ0n) is 26.3. The highest BCUT2D eigenvalue weighted by atomic mass is 16.6. The Hall–Kier alpha value is -4.07. The van der Waals surface area contributed by atoms with Gasteiger partial charge in [-0.3, -0.25) is 29.0 Å². The number of likely N-dealkylation sites (N-methyl/N-ethyl adjacent to an activating group) is 1. The summed E-state index contributed by atoms with van der Waals surface area (Å²) in [5.41, 5.74) is -1.18. The quantitative estimate of drug-likeness (QED) is 0.163. The van der Waals surface area contributed by atoms with E-state index >= 15 is 0 Å². The van der Waals surface area contributed by atoms with Crippen LogP contribution in [0.1, 0.15) is 78.2 Å². The monoisotopic (exact) mass is 619 g/mol. The Bertz CT molecular complexity index is 1180. The van der Waals surface area contributed by atoms with Gasteiger partial charge in [-0.15, -0.1) is 0 Å². The standard InChI is InChI=1S/C30H45N5O9/c1-19(25(39)34-30(13-14-30)27(41)35(5)28(42)43-6)32-26(40)22(16-20-10-9-15-31-18-20)33-23(37)17-21(36)11-7-8-12-24(38)44-29(2,3)4/h9-10,15,18-19,21-22,36H,7-8,11-14,16-17H2,1-6H3,(H,32,40)(H,33,37)(H,34,39)/t19-,21-,22-/m1/s1. The number of nitrogens with one attached hydrogen (secondary N) is 3. The van der Waals surface area contributed by atoms with Crippen molar-refractivity contribution in [3.63, 3.8) is 0 Å². The van der Waals surface area contributed by atoms with Crippen molar-refractivity contribution in [3.05, 3.63) is 30.1 Å². The molecule has 0 unspecified atom stereocenters. The summed E-state index contributed by atoms with van der Waals surface area (Å²) in [4.78, 5) is 80.1. The SMILES string of the molecule is COC(=O)N(C)C(=O)C1(NC(=O)[C@@H](C)NC(=O)[C@@H](Cc2cccnc2)NC(=O)C[C@H](O)CCCCC(=O)OC(C)(C)C)CC1. The number of ether oxygens (including phenoxy) is 2. The van der Waals surface area contributed by atoms with Gasteiger partial charge in [-0.1, -0.05) is 12.5 Å². The van der Waals surface area contributed by atoms with Crippen molar-refractivity contribution in [2.45, 2.75) is 108 Å². The number of esters is 1. The number of amides is 5. The topological polar surface area (TPSA) is 193 Å². The molecule has 1 saturated carbocycles. The van der Waals surface area contributed by atoms with E-state index in [4.69, 9.17) is 4.74 Å². The van der Waals surface area contributed by atoms with E-state index in [1.54, 1.807) is 45.3 Å². The maximum atomic E-state index is 13.2. The van der Waals surface area contributed by atoms with E-state index < -0.39 is 59.0 Å². The molecule has 0 saturated heterocycles. The fourth-order valence-electron chi connectivity index (χ4n) is 4.36. The van der Waals surface area contributed by atoms with Crippen LogP contribution in [-0.4, -0.2) is 94.2 Å². The second-order valence-electron chi connectivity index (χ2n) is 12.0. The number of imide groups is 1. The van der Waals surface area contributed by atoms with Gasteiger partial charge in [-0.2, -0.15) is 0 Å². The normalized spacial score (nSPS) is 15.5. The molecule has 14 heteroatoms. The number of hydrogen-bond donors (Lipinski definition) is 4. The number of rotatable bonds is 15. The molecule has 1 aromatic rings. The van der Waals surface area contributed by atoms with E-state index in [1.807, 2.05) is 0 Å². The van der Waals surface area contributed by atoms with Gasteiger partial charge in [0.25, 0.3) is 5.91 Å². The maximum absolute atomic E-state index is 13.2. The van der Waals surface area contributed by atoms with Crippen molar-refractivity contribution in [1.82, 2.24) is 25.8 Å². The lowest BCUT2D eigenvalue weighted by Crippen LogP contribution is -2.57. The Morgan fingerprint density at radius 2 is 1.77 bits per heavy atom. The molecule has 0 aliphatic heterocycles. The second kappa shape index (κ2) is 16.1. The molecule has 5 amide bonds. The summed E-state index contributed by atoms with van der Waals surface area (Å²) >= 11 is 0. The van der Waals surface area contributed by atoms with Crippen LogP contribution in [0.3, 0.4) is 0 Å². The fourth-order valence-corrected chi connectivity index (χ4v) is 4.36. The molecule has 1 aliphatic carbocycles. The lowest BCUT2D eigenvalue weighted by Gasteiger charge is -2.25. The third-order valence-electron chi connectivity index (χ3n) is 6.85. The van der Waals surface area contributed by atoms with Gasteiger partial charge in [0.05, 0.1) is 19.6 Å². The van der Waals surface area contributed by atoms with E-state index in [-0.39, 0.29) is 31.7 Å². The van der Waals surface area contributed by atoms with Gasteiger partial charge in [0.1, 0.15) is 23.2 Å². The Kier molecular flexibility index (Phi) is 13.2. The summed E-state index contributed by atoms with van der Waals surface area (Å²) in [5, 5.41) is 18.2. The third kappa shape index (κ3) is 11.9. The van der Waals surface area contributed by atoms with Gasteiger partial charge < -0.3 is 30.5 Å². The lowest BCUT2D eigenvalue weighted by atomic mass is 10.0. The first kappa shape index (κ1) is 36.1. The van der Waals surface area contributed by atoms with Crippen molar-refractivity contribution in [2.75, 3.05) is 14.2 Å². The molecule has 0 radical (unpaired) electrons. The first-order chi connectivity index (χ1) is 20.6. The van der Waals surface area contributed by atoms with Crippen molar-refractivity contribution >= 4 is 35.7 Å². The van der Waals surface area contributed by atoms with E-state index in [9.17, 15) is 33.9 Å². The minimum absolute atomic E-state index is 0.0675. The Labute approximate surface area is 257 Å². The van der Waals surface area contributed by atoms with Crippen molar-refractivity contribution in [2.24, 2.45) is 0 Å². The Morgan fingerprint density at radius 3 is 2.34 bits per heavy atom. The average molecular weight is 620 g/mol.